The summed E-state index contributed by atoms with van der Waals surface area (Å²) < 4.78 is 5.33. The molecule has 3 N–H and O–H groups in total. The van der Waals surface area contributed by atoms with E-state index in [-0.39, 0.29) is 0 Å². The van der Waals surface area contributed by atoms with E-state index in [2.05, 4.69) is 15.2 Å². The van der Waals surface area contributed by atoms with Gasteiger partial charge in [-0.05, 0) is 25.1 Å². The number of pyridine rings is 1. The maximum Gasteiger partial charge on any atom is 0.131 e. The largest absolute Gasteiger partial charge is 0.378 e. The molecule has 5 nitrogen and oxygen atoms in total. The van der Waals surface area contributed by atoms with Crippen LogP contribution in [0.2, 0.25) is 0 Å². The monoisotopic (exact) mass is 236 g/mol. The molecule has 94 valence electrons. The van der Waals surface area contributed by atoms with Crippen molar-refractivity contribution in [1.29, 1.82) is 0 Å². The van der Waals surface area contributed by atoms with Crippen molar-refractivity contribution in [2.24, 2.45) is 5.73 Å². The Kier molecular flexibility index (Phi) is 4.58. The third kappa shape index (κ3) is 3.57. The average Bonchev–Trinajstić information content (AvgIpc) is 2.41. The van der Waals surface area contributed by atoms with Crippen LogP contribution in [0.25, 0.3) is 0 Å². The van der Waals surface area contributed by atoms with Gasteiger partial charge >= 0.3 is 0 Å². The molecule has 1 fully saturated rings. The SMILES string of the molecule is NCCCNc1cccc(N2CCOCC2)n1. The minimum Gasteiger partial charge on any atom is -0.378 e. The number of hydrogen-bond acceptors (Lipinski definition) is 5. The molecule has 0 spiro atoms. The smallest absolute Gasteiger partial charge is 0.131 e. The van der Waals surface area contributed by atoms with Gasteiger partial charge in [-0.25, -0.2) is 4.98 Å². The van der Waals surface area contributed by atoms with Crippen molar-refractivity contribution in [2.45, 2.75) is 6.42 Å². The molecule has 1 aromatic rings. The molecule has 0 atom stereocenters. The normalized spacial score (nSPS) is 15.9. The number of nitrogens with zero attached hydrogens (tertiary/aromatic N) is 2. The van der Waals surface area contributed by atoms with Crippen molar-refractivity contribution in [2.75, 3.05) is 49.6 Å². The topological polar surface area (TPSA) is 63.4 Å². The van der Waals surface area contributed by atoms with Crippen LogP contribution in [-0.4, -0.2) is 44.4 Å². The van der Waals surface area contributed by atoms with E-state index < -0.39 is 0 Å². The van der Waals surface area contributed by atoms with Gasteiger partial charge in [0, 0.05) is 19.6 Å². The molecular weight excluding hydrogens is 216 g/mol. The van der Waals surface area contributed by atoms with Gasteiger partial charge in [-0.15, -0.1) is 0 Å². The van der Waals surface area contributed by atoms with Crippen LogP contribution in [0.1, 0.15) is 6.42 Å². The third-order valence-corrected chi connectivity index (χ3v) is 2.76. The first-order chi connectivity index (χ1) is 8.40. The van der Waals surface area contributed by atoms with Gasteiger partial charge in [0.25, 0.3) is 0 Å². The van der Waals surface area contributed by atoms with Crippen LogP contribution in [0.3, 0.4) is 0 Å². The third-order valence-electron chi connectivity index (χ3n) is 2.76. The predicted molar refractivity (Wildman–Crippen MR) is 69.4 cm³/mol. The zero-order valence-electron chi connectivity index (χ0n) is 10.1. The summed E-state index contributed by atoms with van der Waals surface area (Å²) in [6.45, 7) is 4.98. The number of hydrogen-bond donors (Lipinski definition) is 2. The van der Waals surface area contributed by atoms with E-state index in [1.807, 2.05) is 18.2 Å². The Morgan fingerprint density at radius 3 is 2.94 bits per heavy atom. The van der Waals surface area contributed by atoms with Crippen molar-refractivity contribution in [3.05, 3.63) is 18.2 Å². The Hall–Kier alpha value is -1.33. The number of nitrogens with two attached hydrogens (primary N) is 1. The fourth-order valence-corrected chi connectivity index (χ4v) is 1.81. The molecule has 1 saturated heterocycles. The van der Waals surface area contributed by atoms with Gasteiger partial charge < -0.3 is 20.7 Å². The molecule has 1 aliphatic heterocycles. The van der Waals surface area contributed by atoms with Crippen molar-refractivity contribution in [3.8, 4) is 0 Å². The average molecular weight is 236 g/mol. The van der Waals surface area contributed by atoms with Crippen LogP contribution < -0.4 is 16.0 Å². The minimum absolute atomic E-state index is 0.705. The van der Waals surface area contributed by atoms with Gasteiger partial charge in [0.1, 0.15) is 11.6 Å². The highest BCUT2D eigenvalue weighted by Gasteiger charge is 2.12. The number of anilines is 2. The quantitative estimate of drug-likeness (QED) is 0.736. The first kappa shape index (κ1) is 12.1. The number of nitrogens with one attached hydrogen (secondary N) is 1. The van der Waals surface area contributed by atoms with E-state index in [1.165, 1.54) is 0 Å². The molecule has 0 aromatic carbocycles. The van der Waals surface area contributed by atoms with Crippen molar-refractivity contribution in [3.63, 3.8) is 0 Å². The number of ether oxygens (including phenoxy) is 1. The summed E-state index contributed by atoms with van der Waals surface area (Å²) in [5.41, 5.74) is 5.46. The summed E-state index contributed by atoms with van der Waals surface area (Å²) in [5.74, 6) is 1.94. The summed E-state index contributed by atoms with van der Waals surface area (Å²) in [7, 11) is 0. The maximum absolute atomic E-state index is 5.46. The molecule has 0 aliphatic carbocycles. The highest BCUT2D eigenvalue weighted by molar-refractivity contribution is 5.47. The summed E-state index contributed by atoms with van der Waals surface area (Å²) in [5, 5.41) is 3.28. The lowest BCUT2D eigenvalue weighted by Crippen LogP contribution is -2.36. The zero-order valence-corrected chi connectivity index (χ0v) is 10.1. The number of aromatic nitrogens is 1. The van der Waals surface area contributed by atoms with Gasteiger partial charge in [0.15, 0.2) is 0 Å². The first-order valence-corrected chi connectivity index (χ1v) is 6.14. The molecule has 0 unspecified atom stereocenters. The van der Waals surface area contributed by atoms with Crippen LogP contribution >= 0.6 is 0 Å². The molecule has 17 heavy (non-hydrogen) atoms. The van der Waals surface area contributed by atoms with E-state index in [0.29, 0.717) is 6.54 Å². The van der Waals surface area contributed by atoms with Crippen molar-refractivity contribution >= 4 is 11.6 Å². The fraction of sp³-hybridized carbons (Fsp3) is 0.583. The Balaban J connectivity index is 1.95. The minimum atomic E-state index is 0.705. The lowest BCUT2D eigenvalue weighted by Gasteiger charge is -2.28. The van der Waals surface area contributed by atoms with Crippen LogP contribution in [0.5, 0.6) is 0 Å². The van der Waals surface area contributed by atoms with Crippen LogP contribution in [0.4, 0.5) is 11.6 Å². The lowest BCUT2D eigenvalue weighted by atomic mass is 10.3. The molecule has 1 aromatic heterocycles. The van der Waals surface area contributed by atoms with Crippen LogP contribution in [-0.2, 0) is 4.74 Å². The number of rotatable bonds is 5. The molecule has 2 heterocycles. The Morgan fingerprint density at radius 1 is 1.35 bits per heavy atom. The first-order valence-electron chi connectivity index (χ1n) is 6.14. The molecule has 2 rings (SSSR count). The Bertz CT molecular complexity index is 339. The van der Waals surface area contributed by atoms with Crippen molar-refractivity contribution in [1.82, 2.24) is 4.98 Å². The van der Waals surface area contributed by atoms with Crippen LogP contribution in [0.15, 0.2) is 18.2 Å². The molecule has 0 radical (unpaired) electrons. The highest BCUT2D eigenvalue weighted by atomic mass is 16.5. The number of morpholine rings is 1. The van der Waals surface area contributed by atoms with Gasteiger partial charge in [0.05, 0.1) is 13.2 Å². The lowest BCUT2D eigenvalue weighted by molar-refractivity contribution is 0.122. The van der Waals surface area contributed by atoms with E-state index in [9.17, 15) is 0 Å². The van der Waals surface area contributed by atoms with Crippen molar-refractivity contribution < 1.29 is 4.74 Å². The molecule has 0 amide bonds. The van der Waals surface area contributed by atoms with E-state index in [0.717, 1.165) is 50.9 Å². The maximum atomic E-state index is 5.46. The fourth-order valence-electron chi connectivity index (χ4n) is 1.81. The predicted octanol–water partition coefficient (Wildman–Crippen LogP) is 0.679. The second-order valence-electron chi connectivity index (χ2n) is 4.05. The van der Waals surface area contributed by atoms with Gasteiger partial charge in [-0.3, -0.25) is 0 Å². The van der Waals surface area contributed by atoms with E-state index in [1.54, 1.807) is 0 Å². The molecular formula is C12H20N4O. The summed E-state index contributed by atoms with van der Waals surface area (Å²) in [4.78, 5) is 6.83. The molecule has 5 heteroatoms. The zero-order chi connectivity index (χ0) is 11.9. The van der Waals surface area contributed by atoms with Gasteiger partial charge in [0.2, 0.25) is 0 Å². The Labute approximate surface area is 102 Å². The van der Waals surface area contributed by atoms with E-state index in [4.69, 9.17) is 10.5 Å². The standard InChI is InChI=1S/C12H20N4O/c13-5-2-6-14-11-3-1-4-12(15-11)16-7-9-17-10-8-16/h1,3-4H,2,5-10,13H2,(H,14,15). The second kappa shape index (κ2) is 6.42. The highest BCUT2D eigenvalue weighted by Crippen LogP contribution is 2.15. The summed E-state index contributed by atoms with van der Waals surface area (Å²) >= 11 is 0. The van der Waals surface area contributed by atoms with Crippen LogP contribution in [0, 0.1) is 0 Å². The van der Waals surface area contributed by atoms with E-state index >= 15 is 0 Å². The van der Waals surface area contributed by atoms with Gasteiger partial charge in [-0.1, -0.05) is 6.07 Å². The molecule has 0 bridgehead atoms. The summed E-state index contributed by atoms with van der Waals surface area (Å²) in [6, 6.07) is 6.06. The molecule has 1 aliphatic rings. The van der Waals surface area contributed by atoms with Gasteiger partial charge in [-0.2, -0.15) is 0 Å². The summed E-state index contributed by atoms with van der Waals surface area (Å²) in [6.07, 6.45) is 0.962. The molecule has 0 saturated carbocycles. The second-order valence-corrected chi connectivity index (χ2v) is 4.05. The Morgan fingerprint density at radius 2 is 2.18 bits per heavy atom.